The summed E-state index contributed by atoms with van der Waals surface area (Å²) in [6.45, 7) is 4.95. The minimum absolute atomic E-state index is 0.107. The Morgan fingerprint density at radius 3 is 2.82 bits per heavy atom. The SMILES string of the molecule is C=Cc1c(O)nc(C)[nH]c1=O. The van der Waals surface area contributed by atoms with Gasteiger partial charge in [-0.1, -0.05) is 12.7 Å². The van der Waals surface area contributed by atoms with Crippen LogP contribution in [-0.4, -0.2) is 15.1 Å². The Morgan fingerprint density at radius 1 is 1.73 bits per heavy atom. The van der Waals surface area contributed by atoms with Crippen molar-refractivity contribution in [3.8, 4) is 5.88 Å². The van der Waals surface area contributed by atoms with Crippen LogP contribution >= 0.6 is 0 Å². The summed E-state index contributed by atoms with van der Waals surface area (Å²) in [4.78, 5) is 17.0. The molecule has 0 unspecified atom stereocenters. The first-order valence-corrected chi connectivity index (χ1v) is 3.07. The van der Waals surface area contributed by atoms with Crippen molar-refractivity contribution in [3.05, 3.63) is 28.3 Å². The van der Waals surface area contributed by atoms with Gasteiger partial charge in [-0.15, -0.1) is 0 Å². The summed E-state index contributed by atoms with van der Waals surface area (Å²) in [5.41, 5.74) is -0.263. The lowest BCUT2D eigenvalue weighted by Crippen LogP contribution is -2.12. The number of aromatic hydroxyl groups is 1. The van der Waals surface area contributed by atoms with E-state index in [4.69, 9.17) is 5.11 Å². The van der Waals surface area contributed by atoms with E-state index in [0.29, 0.717) is 5.82 Å². The van der Waals surface area contributed by atoms with Crippen LogP contribution in [0.25, 0.3) is 6.08 Å². The van der Waals surface area contributed by atoms with Crippen molar-refractivity contribution in [1.82, 2.24) is 9.97 Å². The third kappa shape index (κ3) is 1.29. The molecule has 0 saturated heterocycles. The van der Waals surface area contributed by atoms with Crippen molar-refractivity contribution in [2.45, 2.75) is 6.92 Å². The number of nitrogens with zero attached hydrogens (tertiary/aromatic N) is 1. The average Bonchev–Trinajstić information content (AvgIpc) is 1.85. The van der Waals surface area contributed by atoms with E-state index in [1.165, 1.54) is 6.08 Å². The van der Waals surface area contributed by atoms with E-state index in [1.54, 1.807) is 6.92 Å². The molecule has 1 aromatic heterocycles. The largest absolute Gasteiger partial charge is 0.493 e. The molecule has 1 rings (SSSR count). The fourth-order valence-corrected chi connectivity index (χ4v) is 0.764. The van der Waals surface area contributed by atoms with Crippen molar-refractivity contribution < 1.29 is 5.11 Å². The van der Waals surface area contributed by atoms with Gasteiger partial charge in [-0.3, -0.25) is 4.79 Å². The van der Waals surface area contributed by atoms with Gasteiger partial charge in [0.1, 0.15) is 11.4 Å². The summed E-state index contributed by atoms with van der Waals surface area (Å²) in [6, 6.07) is 0. The number of aromatic amines is 1. The third-order valence-corrected chi connectivity index (χ3v) is 1.26. The number of rotatable bonds is 1. The van der Waals surface area contributed by atoms with Crippen molar-refractivity contribution >= 4 is 6.08 Å². The number of hydrogen-bond donors (Lipinski definition) is 2. The van der Waals surface area contributed by atoms with E-state index in [2.05, 4.69) is 16.5 Å². The van der Waals surface area contributed by atoms with Gasteiger partial charge in [0, 0.05) is 0 Å². The van der Waals surface area contributed by atoms with E-state index < -0.39 is 0 Å². The molecule has 0 atom stereocenters. The molecule has 58 valence electrons. The molecule has 11 heavy (non-hydrogen) atoms. The highest BCUT2D eigenvalue weighted by Crippen LogP contribution is 2.07. The first-order chi connectivity index (χ1) is 5.15. The van der Waals surface area contributed by atoms with Gasteiger partial charge in [0.15, 0.2) is 0 Å². The van der Waals surface area contributed by atoms with Crippen LogP contribution in [-0.2, 0) is 0 Å². The van der Waals surface area contributed by atoms with Crippen molar-refractivity contribution in [1.29, 1.82) is 0 Å². The Hall–Kier alpha value is -1.58. The maximum atomic E-state index is 11.0. The summed E-state index contributed by atoms with van der Waals surface area (Å²) < 4.78 is 0. The van der Waals surface area contributed by atoms with Crippen LogP contribution < -0.4 is 5.56 Å². The van der Waals surface area contributed by atoms with E-state index in [9.17, 15) is 4.79 Å². The predicted molar refractivity (Wildman–Crippen MR) is 41.4 cm³/mol. The monoisotopic (exact) mass is 152 g/mol. The van der Waals surface area contributed by atoms with Crippen molar-refractivity contribution in [2.24, 2.45) is 0 Å². The van der Waals surface area contributed by atoms with Crippen molar-refractivity contribution in [2.75, 3.05) is 0 Å². The summed E-state index contributed by atoms with van der Waals surface area (Å²) in [7, 11) is 0. The first-order valence-electron chi connectivity index (χ1n) is 3.07. The molecule has 1 heterocycles. The fourth-order valence-electron chi connectivity index (χ4n) is 0.764. The lowest BCUT2D eigenvalue weighted by atomic mass is 10.3. The second kappa shape index (κ2) is 2.57. The lowest BCUT2D eigenvalue weighted by molar-refractivity contribution is 0.447. The lowest BCUT2D eigenvalue weighted by Gasteiger charge is -1.96. The Bertz CT molecular complexity index is 341. The van der Waals surface area contributed by atoms with Gasteiger partial charge in [0.2, 0.25) is 5.88 Å². The van der Waals surface area contributed by atoms with Crippen molar-refractivity contribution in [3.63, 3.8) is 0 Å². The number of aromatic nitrogens is 2. The summed E-state index contributed by atoms with van der Waals surface area (Å²) >= 11 is 0. The zero-order valence-electron chi connectivity index (χ0n) is 6.09. The molecule has 0 saturated carbocycles. The molecule has 0 radical (unpaired) electrons. The third-order valence-electron chi connectivity index (χ3n) is 1.26. The molecule has 2 N–H and O–H groups in total. The Kier molecular flexibility index (Phi) is 1.76. The van der Waals surface area contributed by atoms with Gasteiger partial charge in [-0.05, 0) is 6.92 Å². The maximum absolute atomic E-state index is 11.0. The summed E-state index contributed by atoms with van der Waals surface area (Å²) in [5, 5.41) is 9.07. The quantitative estimate of drug-likeness (QED) is 0.613. The molecule has 0 aliphatic rings. The Morgan fingerprint density at radius 2 is 2.36 bits per heavy atom. The average molecular weight is 152 g/mol. The predicted octanol–water partition coefficient (Wildman–Crippen LogP) is 0.427. The minimum Gasteiger partial charge on any atom is -0.493 e. The van der Waals surface area contributed by atoms with Gasteiger partial charge in [-0.25, -0.2) is 4.98 Å². The molecular weight excluding hydrogens is 144 g/mol. The van der Waals surface area contributed by atoms with Crippen LogP contribution in [0.4, 0.5) is 0 Å². The second-order valence-electron chi connectivity index (χ2n) is 2.09. The normalized spacial score (nSPS) is 9.55. The number of H-pyrrole nitrogens is 1. The van der Waals surface area contributed by atoms with Crippen LogP contribution in [0.15, 0.2) is 11.4 Å². The molecule has 0 fully saturated rings. The number of hydrogen-bond acceptors (Lipinski definition) is 3. The van der Waals surface area contributed by atoms with Crippen LogP contribution in [0.5, 0.6) is 5.88 Å². The van der Waals surface area contributed by atoms with Crippen LogP contribution in [0.2, 0.25) is 0 Å². The van der Waals surface area contributed by atoms with Gasteiger partial charge in [-0.2, -0.15) is 0 Å². The van der Waals surface area contributed by atoms with Gasteiger partial charge >= 0.3 is 0 Å². The standard InChI is InChI=1S/C7H8N2O2/c1-3-5-6(10)8-4(2)9-7(5)11/h3H,1H2,2H3,(H2,8,9,10,11). The highest BCUT2D eigenvalue weighted by atomic mass is 16.3. The van der Waals surface area contributed by atoms with Crippen LogP contribution in [0.3, 0.4) is 0 Å². The Balaban J connectivity index is 3.49. The molecule has 0 spiro atoms. The van der Waals surface area contributed by atoms with Gasteiger partial charge in [0.05, 0.1) is 0 Å². The molecule has 1 aromatic rings. The molecule has 4 nitrogen and oxygen atoms in total. The molecular formula is C7H8N2O2. The van der Waals surface area contributed by atoms with Gasteiger partial charge in [0.25, 0.3) is 5.56 Å². The molecule has 0 amide bonds. The molecule has 0 aliphatic carbocycles. The Labute approximate surface area is 63.2 Å². The van der Waals surface area contributed by atoms with E-state index in [-0.39, 0.29) is 17.0 Å². The van der Waals surface area contributed by atoms with Crippen LogP contribution in [0, 0.1) is 6.92 Å². The minimum atomic E-state index is -0.370. The van der Waals surface area contributed by atoms with E-state index in [0.717, 1.165) is 0 Å². The molecule has 0 aromatic carbocycles. The molecule has 0 bridgehead atoms. The highest BCUT2D eigenvalue weighted by Gasteiger charge is 2.03. The number of nitrogens with one attached hydrogen (secondary N) is 1. The fraction of sp³-hybridized carbons (Fsp3) is 0.143. The zero-order valence-corrected chi connectivity index (χ0v) is 6.09. The summed E-state index contributed by atoms with van der Waals surface area (Å²) in [6.07, 6.45) is 1.26. The summed E-state index contributed by atoms with van der Waals surface area (Å²) in [5.74, 6) is 0.111. The first kappa shape index (κ1) is 7.53. The van der Waals surface area contributed by atoms with E-state index in [1.807, 2.05) is 0 Å². The topological polar surface area (TPSA) is 66.0 Å². The second-order valence-corrected chi connectivity index (χ2v) is 2.09. The smallest absolute Gasteiger partial charge is 0.262 e. The number of aryl methyl sites for hydroxylation is 1. The zero-order chi connectivity index (χ0) is 8.43. The molecule has 0 aliphatic heterocycles. The molecule has 4 heteroatoms. The van der Waals surface area contributed by atoms with E-state index >= 15 is 0 Å². The highest BCUT2D eigenvalue weighted by molar-refractivity contribution is 5.50. The van der Waals surface area contributed by atoms with Crippen LogP contribution in [0.1, 0.15) is 11.4 Å². The van der Waals surface area contributed by atoms with Gasteiger partial charge < -0.3 is 10.1 Å². The maximum Gasteiger partial charge on any atom is 0.262 e.